The number of Topliss-reactive ketones (excluding diaryl/α,β-unsaturated/α-hetero) is 1. The smallest absolute Gasteiger partial charge is 0.269 e. The number of phenols is 1. The van der Waals surface area contributed by atoms with Gasteiger partial charge in [0.1, 0.15) is 11.6 Å². The Kier molecular flexibility index (Phi) is 7.96. The lowest BCUT2D eigenvalue weighted by atomic mass is 9.78. The summed E-state index contributed by atoms with van der Waals surface area (Å²) in [7, 11) is 0. The fourth-order valence-corrected chi connectivity index (χ4v) is 4.83. The van der Waals surface area contributed by atoms with Crippen molar-refractivity contribution in [2.75, 3.05) is 13.1 Å². The fourth-order valence-electron chi connectivity index (χ4n) is 4.83. The highest BCUT2D eigenvalue weighted by Gasteiger charge is 2.34. The van der Waals surface area contributed by atoms with Crippen LogP contribution >= 0.6 is 0 Å². The molecule has 198 valence electrons. The van der Waals surface area contributed by atoms with Crippen molar-refractivity contribution in [2.24, 2.45) is 5.92 Å². The summed E-state index contributed by atoms with van der Waals surface area (Å²) >= 11 is 0. The SMILES string of the molecule is CCCC1CN(CC(=O)c2cc(C(C)(C)C)c(O)c(C(C)(C)C)c2)C(=N)C1=Cc1ccc([N+](=O)[O-])cc1. The summed E-state index contributed by atoms with van der Waals surface area (Å²) in [5.74, 6) is 0.570. The molecule has 0 aromatic heterocycles. The number of amidine groups is 1. The van der Waals surface area contributed by atoms with Gasteiger partial charge in [0.25, 0.3) is 5.69 Å². The molecule has 2 aromatic carbocycles. The van der Waals surface area contributed by atoms with Gasteiger partial charge in [-0.1, -0.05) is 54.9 Å². The van der Waals surface area contributed by atoms with Crippen molar-refractivity contribution in [1.29, 1.82) is 5.41 Å². The number of hydrogen-bond acceptors (Lipinski definition) is 5. The maximum absolute atomic E-state index is 13.5. The van der Waals surface area contributed by atoms with E-state index in [4.69, 9.17) is 5.41 Å². The van der Waals surface area contributed by atoms with Crippen molar-refractivity contribution in [1.82, 2.24) is 4.90 Å². The largest absolute Gasteiger partial charge is 0.507 e. The molecule has 1 aliphatic rings. The number of hydrogen-bond donors (Lipinski definition) is 2. The van der Waals surface area contributed by atoms with Crippen molar-refractivity contribution in [3.8, 4) is 5.75 Å². The monoisotopic (exact) mass is 505 g/mol. The minimum absolute atomic E-state index is 0.0270. The molecule has 1 unspecified atom stereocenters. The lowest BCUT2D eigenvalue weighted by Gasteiger charge is -2.28. The molecule has 0 amide bonds. The van der Waals surface area contributed by atoms with Gasteiger partial charge >= 0.3 is 0 Å². The number of non-ortho nitro benzene ring substituents is 1. The van der Waals surface area contributed by atoms with Crippen molar-refractivity contribution < 1.29 is 14.8 Å². The van der Waals surface area contributed by atoms with Gasteiger partial charge in [0.2, 0.25) is 0 Å². The predicted molar refractivity (Wildman–Crippen MR) is 149 cm³/mol. The van der Waals surface area contributed by atoms with E-state index in [1.807, 2.05) is 52.5 Å². The maximum atomic E-state index is 13.5. The first-order chi connectivity index (χ1) is 17.1. The first kappa shape index (κ1) is 28.1. The highest BCUT2D eigenvalue weighted by atomic mass is 16.6. The molecule has 1 atom stereocenters. The number of phenolic OH excluding ortho intramolecular Hbond substituents is 1. The molecule has 0 aliphatic carbocycles. The minimum Gasteiger partial charge on any atom is -0.507 e. The van der Waals surface area contributed by atoms with E-state index in [0.717, 1.165) is 35.1 Å². The number of ketones is 1. The Morgan fingerprint density at radius 3 is 2.11 bits per heavy atom. The molecule has 0 radical (unpaired) electrons. The van der Waals surface area contributed by atoms with Crippen molar-refractivity contribution in [2.45, 2.75) is 72.1 Å². The summed E-state index contributed by atoms with van der Waals surface area (Å²) in [6.45, 7) is 14.9. The van der Waals surface area contributed by atoms with E-state index in [2.05, 4.69) is 6.92 Å². The number of carbonyl (C=O) groups is 1. The maximum Gasteiger partial charge on any atom is 0.269 e. The van der Waals surface area contributed by atoms with Gasteiger partial charge in [-0.2, -0.15) is 0 Å². The number of likely N-dealkylation sites (tertiary alicyclic amines) is 1. The highest BCUT2D eigenvalue weighted by molar-refractivity contribution is 6.06. The molecule has 7 nitrogen and oxygen atoms in total. The van der Waals surface area contributed by atoms with E-state index in [-0.39, 0.29) is 40.5 Å². The normalized spacial score (nSPS) is 17.5. The van der Waals surface area contributed by atoms with E-state index in [1.165, 1.54) is 12.1 Å². The molecule has 3 rings (SSSR count). The van der Waals surface area contributed by atoms with Crippen LogP contribution in [0.1, 0.15) is 88.4 Å². The van der Waals surface area contributed by atoms with Crippen LogP contribution in [0.25, 0.3) is 6.08 Å². The number of carbonyl (C=O) groups excluding carboxylic acids is 1. The van der Waals surface area contributed by atoms with E-state index in [1.54, 1.807) is 24.3 Å². The van der Waals surface area contributed by atoms with Crippen LogP contribution < -0.4 is 0 Å². The van der Waals surface area contributed by atoms with Crippen LogP contribution in [0.3, 0.4) is 0 Å². The number of nitrogens with zero attached hydrogens (tertiary/aromatic N) is 2. The van der Waals surface area contributed by atoms with Gasteiger partial charge in [0.15, 0.2) is 5.78 Å². The Balaban J connectivity index is 1.92. The third-order valence-corrected chi connectivity index (χ3v) is 6.92. The van der Waals surface area contributed by atoms with Crippen LogP contribution in [0.2, 0.25) is 0 Å². The van der Waals surface area contributed by atoms with Gasteiger partial charge in [0.05, 0.1) is 11.5 Å². The Bertz CT molecular complexity index is 1200. The fraction of sp³-hybridized carbons (Fsp3) is 0.467. The second kappa shape index (κ2) is 10.5. The number of rotatable bonds is 7. The van der Waals surface area contributed by atoms with Gasteiger partial charge in [0, 0.05) is 41.3 Å². The zero-order valence-corrected chi connectivity index (χ0v) is 23.0. The van der Waals surface area contributed by atoms with E-state index in [0.29, 0.717) is 17.9 Å². The Hall–Kier alpha value is -3.48. The second-order valence-electron chi connectivity index (χ2n) is 12.0. The summed E-state index contributed by atoms with van der Waals surface area (Å²) < 4.78 is 0. The summed E-state index contributed by atoms with van der Waals surface area (Å²) in [5, 5.41) is 30.9. The first-order valence-corrected chi connectivity index (χ1v) is 12.8. The van der Waals surface area contributed by atoms with E-state index in [9.17, 15) is 20.0 Å². The van der Waals surface area contributed by atoms with Gasteiger partial charge in [-0.15, -0.1) is 0 Å². The molecule has 37 heavy (non-hydrogen) atoms. The zero-order valence-electron chi connectivity index (χ0n) is 23.0. The topological polar surface area (TPSA) is 108 Å². The van der Waals surface area contributed by atoms with Gasteiger partial charge < -0.3 is 10.0 Å². The molecule has 1 heterocycles. The average molecular weight is 506 g/mol. The third kappa shape index (κ3) is 6.27. The van der Waals surface area contributed by atoms with Crippen LogP contribution in [0.5, 0.6) is 5.75 Å². The van der Waals surface area contributed by atoms with Crippen LogP contribution in [-0.2, 0) is 10.8 Å². The van der Waals surface area contributed by atoms with Crippen LogP contribution in [0, 0.1) is 21.4 Å². The van der Waals surface area contributed by atoms with Gasteiger partial charge in [-0.3, -0.25) is 20.3 Å². The molecule has 1 fully saturated rings. The number of benzene rings is 2. The summed E-state index contributed by atoms with van der Waals surface area (Å²) in [5.41, 5.74) is 3.01. The highest BCUT2D eigenvalue weighted by Crippen LogP contribution is 2.40. The molecule has 1 saturated heterocycles. The molecule has 1 aliphatic heterocycles. The quantitative estimate of drug-likeness (QED) is 0.242. The third-order valence-electron chi connectivity index (χ3n) is 6.92. The molecule has 0 bridgehead atoms. The predicted octanol–water partition coefficient (Wildman–Crippen LogP) is 6.87. The number of nitro groups is 1. The average Bonchev–Trinajstić information content (AvgIpc) is 3.07. The molecular weight excluding hydrogens is 466 g/mol. The van der Waals surface area contributed by atoms with Crippen LogP contribution in [0.15, 0.2) is 42.0 Å². The summed E-state index contributed by atoms with van der Waals surface area (Å²) in [6, 6.07) is 9.89. The van der Waals surface area contributed by atoms with Crippen LogP contribution in [-0.4, -0.2) is 39.6 Å². The number of nitrogens with one attached hydrogen (secondary N) is 1. The van der Waals surface area contributed by atoms with Crippen molar-refractivity contribution in [3.05, 3.63) is 74.3 Å². The lowest BCUT2D eigenvalue weighted by molar-refractivity contribution is -0.384. The standard InChI is InChI=1S/C30H39N3O4/c1-8-9-20-17-32(28(31)23(20)14-19-10-12-22(13-11-19)33(36)37)18-26(34)21-15-24(29(2,3)4)27(35)25(16-21)30(5,6)7/h10-16,20,31,35H,8-9,17-18H2,1-7H3. The Morgan fingerprint density at radius 1 is 1.11 bits per heavy atom. The van der Waals surface area contributed by atoms with Gasteiger partial charge in [-0.25, -0.2) is 0 Å². The molecule has 0 spiro atoms. The Labute approximate surface area is 219 Å². The molecule has 2 N–H and O–H groups in total. The first-order valence-electron chi connectivity index (χ1n) is 12.8. The van der Waals surface area contributed by atoms with Gasteiger partial charge in [-0.05, 0) is 58.7 Å². The van der Waals surface area contributed by atoms with E-state index >= 15 is 0 Å². The van der Waals surface area contributed by atoms with Crippen molar-refractivity contribution in [3.63, 3.8) is 0 Å². The lowest BCUT2D eigenvalue weighted by Crippen LogP contribution is -2.31. The zero-order chi connectivity index (χ0) is 27.7. The van der Waals surface area contributed by atoms with Crippen molar-refractivity contribution >= 4 is 23.4 Å². The molecule has 0 saturated carbocycles. The summed E-state index contributed by atoms with van der Waals surface area (Å²) in [6.07, 6.45) is 3.74. The van der Waals surface area contributed by atoms with E-state index < -0.39 is 4.92 Å². The Morgan fingerprint density at radius 2 is 1.65 bits per heavy atom. The molecule has 2 aromatic rings. The number of nitro benzene ring substituents is 1. The molecular formula is C30H39N3O4. The number of aromatic hydroxyl groups is 1. The second-order valence-corrected chi connectivity index (χ2v) is 12.0. The molecule has 7 heteroatoms. The summed E-state index contributed by atoms with van der Waals surface area (Å²) in [4.78, 5) is 25.9. The minimum atomic E-state index is -0.429. The van der Waals surface area contributed by atoms with Crippen LogP contribution in [0.4, 0.5) is 5.69 Å².